The first-order chi connectivity index (χ1) is 16.7. The molecular weight excluding hydrogens is 414 g/mol. The Morgan fingerprint density at radius 2 is 1.74 bits per heavy atom. The molecule has 34 heavy (non-hydrogen) atoms. The maximum Gasteiger partial charge on any atom is 0.0734 e. The molecule has 0 fully saturated rings. The second-order valence-electron chi connectivity index (χ2n) is 8.62. The molecule has 2 aromatic carbocycles. The Kier molecular flexibility index (Phi) is 6.20. The minimum absolute atomic E-state index is 0.654. The molecular formula is C31H27N3. The molecule has 2 heterocycles. The van der Waals surface area contributed by atoms with E-state index in [1.54, 1.807) is 0 Å². The van der Waals surface area contributed by atoms with Crippen molar-refractivity contribution >= 4 is 29.3 Å². The van der Waals surface area contributed by atoms with Crippen LogP contribution in [0.1, 0.15) is 35.9 Å². The van der Waals surface area contributed by atoms with E-state index in [-0.39, 0.29) is 0 Å². The van der Waals surface area contributed by atoms with Crippen LogP contribution >= 0.6 is 0 Å². The van der Waals surface area contributed by atoms with E-state index in [2.05, 4.69) is 103 Å². The van der Waals surface area contributed by atoms with E-state index in [0.29, 0.717) is 6.54 Å². The summed E-state index contributed by atoms with van der Waals surface area (Å²) in [5.74, 6) is 3.14. The lowest BCUT2D eigenvalue weighted by Crippen LogP contribution is -2.26. The number of benzene rings is 2. The summed E-state index contributed by atoms with van der Waals surface area (Å²) in [4.78, 5) is 4.88. The van der Waals surface area contributed by atoms with Crippen molar-refractivity contribution < 1.29 is 0 Å². The van der Waals surface area contributed by atoms with Crippen LogP contribution in [-0.4, -0.2) is 15.9 Å². The number of pyridine rings is 1. The zero-order valence-electron chi connectivity index (χ0n) is 19.6. The Bertz CT molecular complexity index is 1500. The Balaban J connectivity index is 1.74. The SMILES string of the molecule is CC1=C/C=C/C=c2\ccc(C3=C(c4cccc(C)n4)CC=C=NN3Cc3ccccc3)cc2=C1. The van der Waals surface area contributed by atoms with Gasteiger partial charge >= 0.3 is 0 Å². The van der Waals surface area contributed by atoms with Crippen LogP contribution in [0.2, 0.25) is 0 Å². The van der Waals surface area contributed by atoms with Crippen molar-refractivity contribution in [2.45, 2.75) is 26.8 Å². The van der Waals surface area contributed by atoms with Gasteiger partial charge in [-0.05, 0) is 54.1 Å². The summed E-state index contributed by atoms with van der Waals surface area (Å²) in [6, 6.07) is 23.3. The third-order valence-corrected chi connectivity index (χ3v) is 5.98. The van der Waals surface area contributed by atoms with Crippen molar-refractivity contribution in [3.05, 3.63) is 130 Å². The second-order valence-corrected chi connectivity index (χ2v) is 8.62. The van der Waals surface area contributed by atoms with Crippen LogP contribution < -0.4 is 10.4 Å². The molecule has 2 aliphatic rings. The summed E-state index contributed by atoms with van der Waals surface area (Å²) >= 11 is 0. The Morgan fingerprint density at radius 3 is 2.59 bits per heavy atom. The molecule has 3 heteroatoms. The van der Waals surface area contributed by atoms with E-state index in [4.69, 9.17) is 10.1 Å². The highest BCUT2D eigenvalue weighted by Gasteiger charge is 2.20. The van der Waals surface area contributed by atoms with E-state index < -0.39 is 0 Å². The van der Waals surface area contributed by atoms with Gasteiger partial charge in [-0.3, -0.25) is 9.99 Å². The average Bonchev–Trinajstić information content (AvgIpc) is 3.04. The molecule has 1 aliphatic heterocycles. The van der Waals surface area contributed by atoms with Crippen LogP contribution in [0.3, 0.4) is 0 Å². The average molecular weight is 442 g/mol. The summed E-state index contributed by atoms with van der Waals surface area (Å²) in [5, 5.41) is 9.20. The van der Waals surface area contributed by atoms with Gasteiger partial charge in [0.05, 0.1) is 17.9 Å². The standard InChI is InChI=1S/C31H27N3/c1-23-10-6-7-14-26-17-18-27(21-28(26)20-23)31-29(30-16-8-11-24(2)33-30)15-9-19-32-34(31)22-25-12-4-3-5-13-25/h3-14,16-18,20-21H,15,22H2,1-2H3/b7-6+,10-6?,14-7?,23-10?,23-20?,26-14+,28-20?. The lowest BCUT2D eigenvalue weighted by atomic mass is 9.97. The second kappa shape index (κ2) is 9.74. The fourth-order valence-corrected chi connectivity index (χ4v) is 4.35. The molecule has 1 aliphatic carbocycles. The minimum Gasteiger partial charge on any atom is -0.253 e. The van der Waals surface area contributed by atoms with Crippen molar-refractivity contribution in [2.24, 2.45) is 5.10 Å². The third-order valence-electron chi connectivity index (χ3n) is 5.98. The highest BCUT2D eigenvalue weighted by atomic mass is 15.5. The molecule has 0 saturated heterocycles. The normalized spacial score (nSPS) is 16.9. The first-order valence-corrected chi connectivity index (χ1v) is 11.6. The Hall–Kier alpha value is -4.20. The maximum atomic E-state index is 4.88. The molecule has 3 aromatic rings. The molecule has 0 N–H and O–H groups in total. The Morgan fingerprint density at radius 1 is 0.882 bits per heavy atom. The molecule has 0 radical (unpaired) electrons. The van der Waals surface area contributed by atoms with Crippen LogP contribution in [0.15, 0.2) is 102 Å². The number of aromatic nitrogens is 1. The van der Waals surface area contributed by atoms with E-state index in [0.717, 1.165) is 34.6 Å². The quantitative estimate of drug-likeness (QED) is 0.544. The van der Waals surface area contributed by atoms with Crippen molar-refractivity contribution in [3.8, 4) is 0 Å². The van der Waals surface area contributed by atoms with Gasteiger partial charge in [0, 0.05) is 29.1 Å². The molecule has 0 bridgehead atoms. The van der Waals surface area contributed by atoms with Gasteiger partial charge in [0.25, 0.3) is 0 Å². The van der Waals surface area contributed by atoms with Crippen molar-refractivity contribution in [3.63, 3.8) is 0 Å². The minimum atomic E-state index is 0.654. The van der Waals surface area contributed by atoms with E-state index >= 15 is 0 Å². The van der Waals surface area contributed by atoms with Crippen LogP contribution in [0.4, 0.5) is 0 Å². The molecule has 3 nitrogen and oxygen atoms in total. The van der Waals surface area contributed by atoms with Gasteiger partial charge in [0.2, 0.25) is 0 Å². The van der Waals surface area contributed by atoms with Crippen molar-refractivity contribution in [2.75, 3.05) is 0 Å². The molecule has 166 valence electrons. The topological polar surface area (TPSA) is 28.5 Å². The zero-order chi connectivity index (χ0) is 23.3. The number of hydrogen-bond donors (Lipinski definition) is 0. The van der Waals surface area contributed by atoms with E-state index in [1.807, 2.05) is 25.1 Å². The van der Waals surface area contributed by atoms with Crippen LogP contribution in [0.5, 0.6) is 0 Å². The number of rotatable bonds is 4. The lowest BCUT2D eigenvalue weighted by molar-refractivity contribution is 0.419. The molecule has 5 rings (SSSR count). The number of aryl methyl sites for hydroxylation is 1. The van der Waals surface area contributed by atoms with Crippen molar-refractivity contribution in [1.82, 2.24) is 9.99 Å². The largest absolute Gasteiger partial charge is 0.253 e. The van der Waals surface area contributed by atoms with Gasteiger partial charge in [-0.1, -0.05) is 84.5 Å². The predicted octanol–water partition coefficient (Wildman–Crippen LogP) is 5.38. The van der Waals surface area contributed by atoms with E-state index in [9.17, 15) is 0 Å². The van der Waals surface area contributed by atoms with Gasteiger partial charge in [-0.2, -0.15) is 0 Å². The summed E-state index contributed by atoms with van der Waals surface area (Å²) in [5.41, 5.74) is 7.73. The first kappa shape index (κ1) is 21.6. The van der Waals surface area contributed by atoms with Crippen molar-refractivity contribution in [1.29, 1.82) is 0 Å². The molecule has 0 amide bonds. The fraction of sp³-hybridized carbons (Fsp3) is 0.129. The highest BCUT2D eigenvalue weighted by molar-refractivity contribution is 5.91. The molecule has 1 aromatic heterocycles. The van der Waals surface area contributed by atoms with Crippen LogP contribution in [0, 0.1) is 6.92 Å². The van der Waals surface area contributed by atoms with Gasteiger partial charge < -0.3 is 0 Å². The molecule has 0 unspecified atom stereocenters. The summed E-state index contributed by atoms with van der Waals surface area (Å²) in [6.07, 6.45) is 13.4. The fourth-order valence-electron chi connectivity index (χ4n) is 4.35. The molecule has 0 spiro atoms. The van der Waals surface area contributed by atoms with E-state index in [1.165, 1.54) is 21.6 Å². The zero-order valence-corrected chi connectivity index (χ0v) is 19.6. The summed E-state index contributed by atoms with van der Waals surface area (Å²) < 4.78 is 0. The highest BCUT2D eigenvalue weighted by Crippen LogP contribution is 2.33. The number of nitrogens with zero attached hydrogens (tertiary/aromatic N) is 3. The monoisotopic (exact) mass is 441 g/mol. The molecule has 0 atom stereocenters. The summed E-state index contributed by atoms with van der Waals surface area (Å²) in [7, 11) is 0. The third kappa shape index (κ3) is 4.76. The maximum absolute atomic E-state index is 4.88. The number of fused-ring (bicyclic) bond motifs is 1. The summed E-state index contributed by atoms with van der Waals surface area (Å²) in [6.45, 7) is 4.82. The Labute approximate surface area is 200 Å². The van der Waals surface area contributed by atoms with Gasteiger partial charge in [-0.15, -0.1) is 5.10 Å². The number of hydrazone groups is 1. The predicted molar refractivity (Wildman–Crippen MR) is 142 cm³/mol. The number of allylic oxidation sites excluding steroid dienone is 6. The molecule has 0 saturated carbocycles. The lowest BCUT2D eigenvalue weighted by Gasteiger charge is -2.24. The van der Waals surface area contributed by atoms with Gasteiger partial charge in [0.1, 0.15) is 0 Å². The smallest absolute Gasteiger partial charge is 0.0734 e. The van der Waals surface area contributed by atoms with Gasteiger partial charge in [0.15, 0.2) is 0 Å². The first-order valence-electron chi connectivity index (χ1n) is 11.6. The number of hydrogen-bond acceptors (Lipinski definition) is 3. The van der Waals surface area contributed by atoms with Gasteiger partial charge in [-0.25, -0.2) is 0 Å². The van der Waals surface area contributed by atoms with Crippen LogP contribution in [0.25, 0.3) is 23.4 Å². The van der Waals surface area contributed by atoms with Crippen LogP contribution in [-0.2, 0) is 6.54 Å².